The first kappa shape index (κ1) is 10.9. The summed E-state index contributed by atoms with van der Waals surface area (Å²) in [5, 5.41) is 9.17. The highest BCUT2D eigenvalue weighted by atomic mass is 16.3. The molecule has 0 bridgehead atoms. The number of rotatable bonds is 2. The normalized spacial score (nSPS) is 11.6. The Hall–Kier alpha value is -2.63. The number of nitrogens with zero attached hydrogens (tertiary/aromatic N) is 1. The SMILES string of the molecule is NC(=O)/C(O)=C/c1nc2ccccc2[nH]c1=O. The number of carbonyl (C=O) groups is 1. The Bertz CT molecular complexity index is 673. The summed E-state index contributed by atoms with van der Waals surface area (Å²) in [4.78, 5) is 28.8. The van der Waals surface area contributed by atoms with Crippen molar-refractivity contribution in [3.63, 3.8) is 0 Å². The van der Waals surface area contributed by atoms with Gasteiger partial charge in [-0.25, -0.2) is 4.98 Å². The maximum absolute atomic E-state index is 11.6. The molecule has 0 saturated heterocycles. The van der Waals surface area contributed by atoms with E-state index in [9.17, 15) is 14.7 Å². The molecule has 0 atom stereocenters. The summed E-state index contributed by atoms with van der Waals surface area (Å²) in [5.74, 6) is -1.72. The van der Waals surface area contributed by atoms with Gasteiger partial charge in [0.1, 0.15) is 5.69 Å². The van der Waals surface area contributed by atoms with Crippen LogP contribution in [0.15, 0.2) is 34.8 Å². The summed E-state index contributed by atoms with van der Waals surface area (Å²) in [6.45, 7) is 0. The number of hydrogen-bond acceptors (Lipinski definition) is 4. The van der Waals surface area contributed by atoms with Crippen molar-refractivity contribution in [3.05, 3.63) is 46.1 Å². The van der Waals surface area contributed by atoms with Crippen LogP contribution in [0.2, 0.25) is 0 Å². The van der Waals surface area contributed by atoms with Gasteiger partial charge in [0.05, 0.1) is 11.0 Å². The fourth-order valence-electron chi connectivity index (χ4n) is 1.34. The largest absolute Gasteiger partial charge is 0.503 e. The van der Waals surface area contributed by atoms with Crippen molar-refractivity contribution in [1.82, 2.24) is 9.97 Å². The van der Waals surface area contributed by atoms with Gasteiger partial charge in [-0.2, -0.15) is 0 Å². The molecular formula is C11H9N3O3. The maximum atomic E-state index is 11.6. The van der Waals surface area contributed by atoms with E-state index < -0.39 is 17.2 Å². The molecule has 6 heteroatoms. The fraction of sp³-hybridized carbons (Fsp3) is 0. The summed E-state index contributed by atoms with van der Waals surface area (Å²) in [6.07, 6.45) is 0.938. The first-order valence-electron chi connectivity index (χ1n) is 4.77. The van der Waals surface area contributed by atoms with E-state index in [1.54, 1.807) is 24.3 Å². The molecule has 1 amide bonds. The molecule has 86 valence electrons. The lowest BCUT2D eigenvalue weighted by molar-refractivity contribution is -0.116. The summed E-state index contributed by atoms with van der Waals surface area (Å²) < 4.78 is 0. The Labute approximate surface area is 95.4 Å². The van der Waals surface area contributed by atoms with Crippen LogP contribution < -0.4 is 11.3 Å². The van der Waals surface area contributed by atoms with Crippen LogP contribution in [0.1, 0.15) is 5.69 Å². The third-order valence-corrected chi connectivity index (χ3v) is 2.15. The number of nitrogens with one attached hydrogen (secondary N) is 1. The van der Waals surface area contributed by atoms with Crippen LogP contribution in [0.5, 0.6) is 0 Å². The number of benzene rings is 1. The lowest BCUT2D eigenvalue weighted by atomic mass is 10.3. The molecule has 6 nitrogen and oxygen atoms in total. The third kappa shape index (κ3) is 2.15. The number of amides is 1. The molecule has 17 heavy (non-hydrogen) atoms. The Morgan fingerprint density at radius 2 is 2.12 bits per heavy atom. The molecular weight excluding hydrogens is 222 g/mol. The summed E-state index contributed by atoms with van der Waals surface area (Å²) in [6, 6.07) is 6.92. The zero-order valence-corrected chi connectivity index (χ0v) is 8.68. The van der Waals surface area contributed by atoms with E-state index >= 15 is 0 Å². The van der Waals surface area contributed by atoms with Crippen LogP contribution in [-0.4, -0.2) is 21.0 Å². The van der Waals surface area contributed by atoms with Crippen LogP contribution in [0.4, 0.5) is 0 Å². The summed E-state index contributed by atoms with van der Waals surface area (Å²) in [5.41, 5.74) is 5.41. The predicted molar refractivity (Wildman–Crippen MR) is 62.2 cm³/mol. The summed E-state index contributed by atoms with van der Waals surface area (Å²) in [7, 11) is 0. The molecule has 0 aliphatic rings. The molecule has 4 N–H and O–H groups in total. The van der Waals surface area contributed by atoms with E-state index in [-0.39, 0.29) is 5.69 Å². The smallest absolute Gasteiger partial charge is 0.283 e. The zero-order chi connectivity index (χ0) is 12.4. The van der Waals surface area contributed by atoms with E-state index in [0.29, 0.717) is 11.0 Å². The van der Waals surface area contributed by atoms with Gasteiger partial charge in [-0.3, -0.25) is 9.59 Å². The second-order valence-electron chi connectivity index (χ2n) is 3.36. The van der Waals surface area contributed by atoms with Gasteiger partial charge in [-0.15, -0.1) is 0 Å². The van der Waals surface area contributed by atoms with E-state index in [0.717, 1.165) is 6.08 Å². The number of hydrogen-bond donors (Lipinski definition) is 3. The number of carbonyl (C=O) groups excluding carboxylic acids is 1. The Morgan fingerprint density at radius 1 is 1.41 bits per heavy atom. The highest BCUT2D eigenvalue weighted by Gasteiger charge is 2.06. The third-order valence-electron chi connectivity index (χ3n) is 2.15. The van der Waals surface area contributed by atoms with Gasteiger partial charge in [0, 0.05) is 6.08 Å². The van der Waals surface area contributed by atoms with Crippen molar-refractivity contribution in [2.45, 2.75) is 0 Å². The molecule has 0 radical (unpaired) electrons. The quantitative estimate of drug-likeness (QED) is 0.510. The minimum atomic E-state index is -1.01. The number of aliphatic hydroxyl groups excluding tert-OH is 1. The van der Waals surface area contributed by atoms with Crippen molar-refractivity contribution in [3.8, 4) is 0 Å². The second-order valence-corrected chi connectivity index (χ2v) is 3.36. The van der Waals surface area contributed by atoms with Crippen LogP contribution in [0, 0.1) is 0 Å². The molecule has 2 aromatic rings. The number of nitrogens with two attached hydrogens (primary N) is 1. The molecule has 0 spiro atoms. The van der Waals surface area contributed by atoms with Gasteiger partial charge < -0.3 is 15.8 Å². The molecule has 2 rings (SSSR count). The van der Waals surface area contributed by atoms with Crippen molar-refractivity contribution in [1.29, 1.82) is 0 Å². The monoisotopic (exact) mass is 231 g/mol. The number of aromatic nitrogens is 2. The summed E-state index contributed by atoms with van der Waals surface area (Å²) >= 11 is 0. The first-order chi connectivity index (χ1) is 8.08. The van der Waals surface area contributed by atoms with Crippen LogP contribution in [-0.2, 0) is 4.79 Å². The lowest BCUT2D eigenvalue weighted by Crippen LogP contribution is -2.16. The van der Waals surface area contributed by atoms with Crippen molar-refractivity contribution < 1.29 is 9.90 Å². The van der Waals surface area contributed by atoms with E-state index in [1.165, 1.54) is 0 Å². The Morgan fingerprint density at radius 3 is 2.82 bits per heavy atom. The molecule has 1 aromatic heterocycles. The van der Waals surface area contributed by atoms with Gasteiger partial charge in [-0.1, -0.05) is 12.1 Å². The van der Waals surface area contributed by atoms with Gasteiger partial charge >= 0.3 is 0 Å². The molecule has 1 heterocycles. The molecule has 0 unspecified atom stereocenters. The highest BCUT2D eigenvalue weighted by Crippen LogP contribution is 2.07. The average molecular weight is 231 g/mol. The zero-order valence-electron chi connectivity index (χ0n) is 8.68. The van der Waals surface area contributed by atoms with E-state index in [1.807, 2.05) is 0 Å². The van der Waals surface area contributed by atoms with Gasteiger partial charge in [0.2, 0.25) is 0 Å². The predicted octanol–water partition coefficient (Wildman–Crippen LogP) is 0.307. The lowest BCUT2D eigenvalue weighted by Gasteiger charge is -1.98. The maximum Gasteiger partial charge on any atom is 0.283 e. The molecule has 0 fully saturated rings. The number of H-pyrrole nitrogens is 1. The van der Waals surface area contributed by atoms with Gasteiger partial charge in [-0.05, 0) is 12.1 Å². The number of aliphatic hydroxyl groups is 1. The van der Waals surface area contributed by atoms with Crippen LogP contribution in [0.3, 0.4) is 0 Å². The first-order valence-corrected chi connectivity index (χ1v) is 4.77. The Balaban J connectivity index is 2.63. The molecule has 1 aromatic carbocycles. The van der Waals surface area contributed by atoms with E-state index in [2.05, 4.69) is 9.97 Å². The number of para-hydroxylation sites is 2. The van der Waals surface area contributed by atoms with Crippen molar-refractivity contribution in [2.24, 2.45) is 5.73 Å². The molecule has 0 aliphatic carbocycles. The van der Waals surface area contributed by atoms with E-state index in [4.69, 9.17) is 5.73 Å². The van der Waals surface area contributed by atoms with Gasteiger partial charge in [0.15, 0.2) is 5.76 Å². The highest BCUT2D eigenvalue weighted by molar-refractivity contribution is 5.93. The fourth-order valence-corrected chi connectivity index (χ4v) is 1.34. The second kappa shape index (κ2) is 4.09. The topological polar surface area (TPSA) is 109 Å². The van der Waals surface area contributed by atoms with Crippen molar-refractivity contribution in [2.75, 3.05) is 0 Å². The van der Waals surface area contributed by atoms with Crippen LogP contribution in [0.25, 0.3) is 17.1 Å². The average Bonchev–Trinajstić information content (AvgIpc) is 2.29. The van der Waals surface area contributed by atoms with Crippen molar-refractivity contribution >= 4 is 23.0 Å². The number of fused-ring (bicyclic) bond motifs is 1. The minimum Gasteiger partial charge on any atom is -0.503 e. The standard InChI is InChI=1S/C11H9N3O3/c12-10(16)9(15)5-8-11(17)14-7-4-2-1-3-6(7)13-8/h1-5,15H,(H2,12,16)(H,14,17)/b9-5-. The Kier molecular flexibility index (Phi) is 2.61. The molecule has 0 saturated carbocycles. The van der Waals surface area contributed by atoms with Crippen LogP contribution >= 0.6 is 0 Å². The molecule has 0 aliphatic heterocycles. The minimum absolute atomic E-state index is 0.0694. The number of primary amides is 1. The number of aromatic amines is 1. The van der Waals surface area contributed by atoms with Gasteiger partial charge in [0.25, 0.3) is 11.5 Å².